The summed E-state index contributed by atoms with van der Waals surface area (Å²) in [5.41, 5.74) is 1.32. The Kier molecular flexibility index (Phi) is 7.25. The molecule has 6 heteroatoms. The number of carbonyl (C=O) groups is 2. The lowest BCUT2D eigenvalue weighted by Crippen LogP contribution is -2.18. The Labute approximate surface area is 124 Å². The number of likely N-dealkylation sites (tertiary alicyclic amines) is 1. The summed E-state index contributed by atoms with van der Waals surface area (Å²) >= 11 is 0. The minimum Gasteiger partial charge on any atom is -0.494 e. The molecule has 1 aliphatic heterocycles. The van der Waals surface area contributed by atoms with E-state index in [1.807, 2.05) is 13.0 Å². The Balaban J connectivity index is 0.000000315. The summed E-state index contributed by atoms with van der Waals surface area (Å²) in [4.78, 5) is 20.7. The highest BCUT2D eigenvalue weighted by Gasteiger charge is 2.13. The second-order valence-corrected chi connectivity index (χ2v) is 4.63. The number of aliphatic carboxylic acids is 2. The van der Waals surface area contributed by atoms with Gasteiger partial charge in [0.15, 0.2) is 0 Å². The van der Waals surface area contributed by atoms with Gasteiger partial charge in [0.2, 0.25) is 0 Å². The molecule has 0 spiro atoms. The molecule has 0 amide bonds. The lowest BCUT2D eigenvalue weighted by molar-refractivity contribution is -0.159. The van der Waals surface area contributed by atoms with Gasteiger partial charge in [0.25, 0.3) is 0 Å². The summed E-state index contributed by atoms with van der Waals surface area (Å²) in [7, 11) is 0. The number of carboxylic acids is 2. The van der Waals surface area contributed by atoms with Gasteiger partial charge >= 0.3 is 11.9 Å². The Morgan fingerprint density at radius 1 is 1.14 bits per heavy atom. The van der Waals surface area contributed by atoms with Crippen molar-refractivity contribution < 1.29 is 24.5 Å². The Hall–Kier alpha value is -2.08. The Bertz CT molecular complexity index is 457. The molecule has 2 rings (SSSR count). The molecule has 2 N–H and O–H groups in total. The van der Waals surface area contributed by atoms with Crippen LogP contribution in [0.25, 0.3) is 0 Å². The zero-order valence-corrected chi connectivity index (χ0v) is 12.1. The highest BCUT2D eigenvalue weighted by molar-refractivity contribution is 6.27. The van der Waals surface area contributed by atoms with Gasteiger partial charge in [-0.25, -0.2) is 9.59 Å². The van der Waals surface area contributed by atoms with E-state index in [-0.39, 0.29) is 0 Å². The highest BCUT2D eigenvalue weighted by Crippen LogP contribution is 2.21. The molecule has 1 aromatic carbocycles. The molecule has 116 valence electrons. The van der Waals surface area contributed by atoms with Crippen molar-refractivity contribution in [3.63, 3.8) is 0 Å². The minimum absolute atomic E-state index is 0.747. The topological polar surface area (TPSA) is 87.1 Å². The fraction of sp³-hybridized carbons (Fsp3) is 0.467. The number of benzene rings is 1. The maximum Gasteiger partial charge on any atom is 0.414 e. The number of hydrogen-bond donors (Lipinski definition) is 2. The van der Waals surface area contributed by atoms with Crippen molar-refractivity contribution in [1.29, 1.82) is 0 Å². The SMILES string of the molecule is CCOc1ccccc1CN1CCCC1.O=C(O)C(=O)O. The lowest BCUT2D eigenvalue weighted by Gasteiger charge is -2.17. The second-order valence-electron chi connectivity index (χ2n) is 4.63. The van der Waals surface area contributed by atoms with Crippen LogP contribution in [0.15, 0.2) is 24.3 Å². The van der Waals surface area contributed by atoms with Gasteiger partial charge in [0, 0.05) is 12.1 Å². The summed E-state index contributed by atoms with van der Waals surface area (Å²) in [5, 5.41) is 14.8. The van der Waals surface area contributed by atoms with Crippen LogP contribution in [-0.2, 0) is 16.1 Å². The molecular weight excluding hydrogens is 274 g/mol. The number of carboxylic acid groups (broad SMARTS) is 2. The molecule has 0 bridgehead atoms. The molecular formula is C15H21NO5. The fourth-order valence-electron chi connectivity index (χ4n) is 2.11. The molecule has 0 radical (unpaired) electrons. The van der Waals surface area contributed by atoms with Crippen molar-refractivity contribution in [1.82, 2.24) is 4.90 Å². The molecule has 0 unspecified atom stereocenters. The monoisotopic (exact) mass is 295 g/mol. The van der Waals surface area contributed by atoms with E-state index in [2.05, 4.69) is 23.1 Å². The normalized spacial score (nSPS) is 14.1. The van der Waals surface area contributed by atoms with Gasteiger partial charge in [-0.2, -0.15) is 0 Å². The number of nitrogens with zero attached hydrogens (tertiary/aromatic N) is 1. The van der Waals surface area contributed by atoms with Gasteiger partial charge in [0.1, 0.15) is 5.75 Å². The second kappa shape index (κ2) is 8.97. The summed E-state index contributed by atoms with van der Waals surface area (Å²) in [6.45, 7) is 6.29. The standard InChI is InChI=1S/C13H19NO.C2H2O4/c1-2-15-13-8-4-3-7-12(13)11-14-9-5-6-10-14;3-1(4)2(5)6/h3-4,7-8H,2,5-6,9-11H2,1H3;(H,3,4)(H,5,6). The summed E-state index contributed by atoms with van der Waals surface area (Å²) < 4.78 is 5.62. The summed E-state index contributed by atoms with van der Waals surface area (Å²) in [5.74, 6) is -2.60. The number of para-hydroxylation sites is 1. The van der Waals surface area contributed by atoms with Crippen molar-refractivity contribution in [2.45, 2.75) is 26.3 Å². The molecule has 0 saturated carbocycles. The van der Waals surface area contributed by atoms with E-state index in [9.17, 15) is 0 Å². The first-order valence-corrected chi connectivity index (χ1v) is 6.93. The Morgan fingerprint density at radius 2 is 1.71 bits per heavy atom. The number of rotatable bonds is 4. The van der Waals surface area contributed by atoms with Crippen LogP contribution in [0.1, 0.15) is 25.3 Å². The molecule has 1 fully saturated rings. The molecule has 1 saturated heterocycles. The quantitative estimate of drug-likeness (QED) is 0.824. The first-order chi connectivity index (χ1) is 10.0. The van der Waals surface area contributed by atoms with E-state index in [0.717, 1.165) is 18.9 Å². The van der Waals surface area contributed by atoms with Crippen LogP contribution >= 0.6 is 0 Å². The predicted molar refractivity (Wildman–Crippen MR) is 77.4 cm³/mol. The summed E-state index contributed by atoms with van der Waals surface area (Å²) in [6, 6.07) is 8.37. The van der Waals surface area contributed by atoms with Crippen LogP contribution in [0.3, 0.4) is 0 Å². The molecule has 6 nitrogen and oxygen atoms in total. The number of hydrogen-bond acceptors (Lipinski definition) is 4. The zero-order chi connectivity index (χ0) is 15.7. The van der Waals surface area contributed by atoms with Crippen LogP contribution in [0.4, 0.5) is 0 Å². The third-order valence-corrected chi connectivity index (χ3v) is 3.05. The van der Waals surface area contributed by atoms with E-state index >= 15 is 0 Å². The van der Waals surface area contributed by atoms with E-state index in [1.54, 1.807) is 0 Å². The van der Waals surface area contributed by atoms with E-state index in [4.69, 9.17) is 24.5 Å². The average molecular weight is 295 g/mol. The maximum atomic E-state index is 9.10. The van der Waals surface area contributed by atoms with Crippen LogP contribution < -0.4 is 4.74 Å². The molecule has 0 atom stereocenters. The maximum absolute atomic E-state index is 9.10. The van der Waals surface area contributed by atoms with Crippen LogP contribution in [0.5, 0.6) is 5.75 Å². The third kappa shape index (κ3) is 6.27. The van der Waals surface area contributed by atoms with Crippen molar-refractivity contribution in [2.24, 2.45) is 0 Å². The van der Waals surface area contributed by atoms with Gasteiger partial charge in [-0.3, -0.25) is 4.90 Å². The average Bonchev–Trinajstić information content (AvgIpc) is 2.95. The van der Waals surface area contributed by atoms with E-state index < -0.39 is 11.9 Å². The Morgan fingerprint density at radius 3 is 2.24 bits per heavy atom. The fourth-order valence-corrected chi connectivity index (χ4v) is 2.11. The van der Waals surface area contributed by atoms with E-state index in [0.29, 0.717) is 0 Å². The van der Waals surface area contributed by atoms with Crippen molar-refractivity contribution in [3.8, 4) is 5.75 Å². The zero-order valence-electron chi connectivity index (χ0n) is 12.1. The van der Waals surface area contributed by atoms with Crippen molar-refractivity contribution in [3.05, 3.63) is 29.8 Å². The molecule has 1 aliphatic rings. The van der Waals surface area contributed by atoms with Crippen LogP contribution in [0.2, 0.25) is 0 Å². The van der Waals surface area contributed by atoms with Crippen LogP contribution in [-0.4, -0.2) is 46.7 Å². The van der Waals surface area contributed by atoms with Crippen molar-refractivity contribution >= 4 is 11.9 Å². The minimum atomic E-state index is -1.82. The van der Waals surface area contributed by atoms with Gasteiger partial charge in [0.05, 0.1) is 6.61 Å². The smallest absolute Gasteiger partial charge is 0.414 e. The van der Waals surface area contributed by atoms with Gasteiger partial charge in [-0.05, 0) is 38.9 Å². The van der Waals surface area contributed by atoms with Gasteiger partial charge < -0.3 is 14.9 Å². The molecule has 0 aromatic heterocycles. The van der Waals surface area contributed by atoms with E-state index in [1.165, 1.54) is 31.5 Å². The van der Waals surface area contributed by atoms with Gasteiger partial charge in [-0.15, -0.1) is 0 Å². The molecule has 1 heterocycles. The highest BCUT2D eigenvalue weighted by atomic mass is 16.5. The van der Waals surface area contributed by atoms with Crippen LogP contribution in [0, 0.1) is 0 Å². The predicted octanol–water partition coefficient (Wildman–Crippen LogP) is 1.84. The largest absolute Gasteiger partial charge is 0.494 e. The number of ether oxygens (including phenoxy) is 1. The van der Waals surface area contributed by atoms with Gasteiger partial charge in [-0.1, -0.05) is 18.2 Å². The first kappa shape index (κ1) is 17.0. The molecule has 1 aromatic rings. The molecule has 21 heavy (non-hydrogen) atoms. The first-order valence-electron chi connectivity index (χ1n) is 6.93. The third-order valence-electron chi connectivity index (χ3n) is 3.05. The summed E-state index contributed by atoms with van der Waals surface area (Å²) in [6.07, 6.45) is 2.69. The van der Waals surface area contributed by atoms with Crippen molar-refractivity contribution in [2.75, 3.05) is 19.7 Å². The molecule has 0 aliphatic carbocycles. The lowest BCUT2D eigenvalue weighted by atomic mass is 10.2.